The molecule has 0 radical (unpaired) electrons. The number of rotatable bonds is 3. The molecule has 0 aliphatic heterocycles. The van der Waals surface area contributed by atoms with Gasteiger partial charge < -0.3 is 4.74 Å². The number of methoxy groups -OCH3 is 1. The molecule has 0 unspecified atom stereocenters. The van der Waals surface area contributed by atoms with E-state index >= 15 is 0 Å². The summed E-state index contributed by atoms with van der Waals surface area (Å²) in [5, 5.41) is 4.03. The highest BCUT2D eigenvalue weighted by molar-refractivity contribution is 9.08. The summed E-state index contributed by atoms with van der Waals surface area (Å²) >= 11 is 5.13. The summed E-state index contributed by atoms with van der Waals surface area (Å²) in [5.74, 6) is 0.979. The molecule has 0 N–H and O–H groups in total. The Hall–Kier alpha value is -0.870. The van der Waals surface area contributed by atoms with E-state index in [0.717, 1.165) is 27.3 Å². The number of halogens is 1. The fourth-order valence-electron chi connectivity index (χ4n) is 2.13. The van der Waals surface area contributed by atoms with Gasteiger partial charge in [-0.1, -0.05) is 15.9 Å². The quantitative estimate of drug-likeness (QED) is 0.767. The largest absolute Gasteiger partial charge is 0.496 e. The Kier molecular flexibility index (Phi) is 4.07. The lowest BCUT2D eigenvalue weighted by Gasteiger charge is -2.14. The second kappa shape index (κ2) is 5.41. The van der Waals surface area contributed by atoms with Crippen LogP contribution in [0.25, 0.3) is 11.3 Å². The molecule has 0 amide bonds. The van der Waals surface area contributed by atoms with E-state index in [9.17, 15) is 0 Å². The van der Waals surface area contributed by atoms with Crippen LogP contribution in [0.3, 0.4) is 0 Å². The first-order valence-electron chi connectivity index (χ1n) is 5.74. The number of hydrogen-bond donors (Lipinski definition) is 0. The predicted octanol–water partition coefficient (Wildman–Crippen LogP) is 4.64. The first-order chi connectivity index (χ1) is 8.58. The topological polar surface area (TPSA) is 22.1 Å². The third kappa shape index (κ3) is 2.31. The van der Waals surface area contributed by atoms with Gasteiger partial charge in [0.15, 0.2) is 0 Å². The first-order valence-corrected chi connectivity index (χ1v) is 7.74. The van der Waals surface area contributed by atoms with Crippen molar-refractivity contribution in [1.82, 2.24) is 4.98 Å². The van der Waals surface area contributed by atoms with Gasteiger partial charge in [0.1, 0.15) is 10.8 Å². The summed E-state index contributed by atoms with van der Waals surface area (Å²) < 4.78 is 5.45. The van der Waals surface area contributed by atoms with Crippen LogP contribution in [0.2, 0.25) is 0 Å². The van der Waals surface area contributed by atoms with Gasteiger partial charge in [-0.15, -0.1) is 11.3 Å². The van der Waals surface area contributed by atoms with Crippen LogP contribution in [-0.2, 0) is 5.33 Å². The van der Waals surface area contributed by atoms with Crippen LogP contribution in [0, 0.1) is 20.8 Å². The molecule has 2 nitrogen and oxygen atoms in total. The Morgan fingerprint density at radius 1 is 1.28 bits per heavy atom. The molecule has 0 spiro atoms. The minimum absolute atomic E-state index is 0.810. The van der Waals surface area contributed by atoms with Crippen LogP contribution in [0.15, 0.2) is 11.4 Å². The lowest BCUT2D eigenvalue weighted by atomic mass is 9.97. The van der Waals surface area contributed by atoms with Gasteiger partial charge in [-0.3, -0.25) is 0 Å². The zero-order chi connectivity index (χ0) is 13.3. The van der Waals surface area contributed by atoms with Crippen molar-refractivity contribution in [1.29, 1.82) is 0 Å². The molecule has 0 saturated carbocycles. The lowest BCUT2D eigenvalue weighted by Crippen LogP contribution is -1.96. The Labute approximate surface area is 120 Å². The fourth-order valence-corrected chi connectivity index (χ4v) is 3.30. The highest BCUT2D eigenvalue weighted by Crippen LogP contribution is 2.34. The zero-order valence-corrected chi connectivity index (χ0v) is 13.4. The summed E-state index contributed by atoms with van der Waals surface area (Å²) in [4.78, 5) is 4.63. The average Bonchev–Trinajstić information content (AvgIpc) is 2.83. The maximum absolute atomic E-state index is 5.45. The molecule has 0 fully saturated rings. The molecule has 4 heteroatoms. The number of aryl methyl sites for hydroxylation is 1. The zero-order valence-electron chi connectivity index (χ0n) is 11.0. The van der Waals surface area contributed by atoms with E-state index in [1.165, 1.54) is 16.7 Å². The van der Waals surface area contributed by atoms with Gasteiger partial charge in [-0.25, -0.2) is 4.98 Å². The fraction of sp³-hybridized carbons (Fsp3) is 0.357. The van der Waals surface area contributed by atoms with E-state index in [1.807, 2.05) is 0 Å². The Morgan fingerprint density at radius 3 is 2.56 bits per heavy atom. The number of alkyl halides is 1. The van der Waals surface area contributed by atoms with Crippen molar-refractivity contribution in [2.45, 2.75) is 26.1 Å². The highest BCUT2D eigenvalue weighted by atomic mass is 79.9. The maximum Gasteiger partial charge on any atom is 0.124 e. The second-order valence-electron chi connectivity index (χ2n) is 4.28. The minimum Gasteiger partial charge on any atom is -0.496 e. The number of thiazole rings is 1. The van der Waals surface area contributed by atoms with Crippen molar-refractivity contribution in [3.05, 3.63) is 33.1 Å². The summed E-state index contributed by atoms with van der Waals surface area (Å²) in [7, 11) is 1.72. The molecular formula is C14H16BrNOS. The summed E-state index contributed by atoms with van der Waals surface area (Å²) in [6.07, 6.45) is 0. The molecule has 0 aliphatic rings. The molecule has 1 aromatic heterocycles. The highest BCUT2D eigenvalue weighted by Gasteiger charge is 2.13. The van der Waals surface area contributed by atoms with E-state index in [2.05, 4.69) is 53.1 Å². The van der Waals surface area contributed by atoms with Crippen molar-refractivity contribution in [3.63, 3.8) is 0 Å². The number of nitrogens with zero attached hydrogens (tertiary/aromatic N) is 1. The normalized spacial score (nSPS) is 10.7. The molecule has 96 valence electrons. The van der Waals surface area contributed by atoms with Crippen molar-refractivity contribution >= 4 is 27.3 Å². The lowest BCUT2D eigenvalue weighted by molar-refractivity contribution is 0.408. The molecule has 2 rings (SSSR count). The van der Waals surface area contributed by atoms with Crippen molar-refractivity contribution in [3.8, 4) is 17.0 Å². The molecule has 0 atom stereocenters. The van der Waals surface area contributed by atoms with Crippen LogP contribution in [0.4, 0.5) is 0 Å². The van der Waals surface area contributed by atoms with E-state index in [-0.39, 0.29) is 0 Å². The number of hydrogen-bond acceptors (Lipinski definition) is 3. The van der Waals surface area contributed by atoms with E-state index in [0.29, 0.717) is 0 Å². The van der Waals surface area contributed by atoms with Gasteiger partial charge >= 0.3 is 0 Å². The summed E-state index contributed by atoms with van der Waals surface area (Å²) in [5.41, 5.74) is 5.85. The average molecular weight is 326 g/mol. The molecular weight excluding hydrogens is 310 g/mol. The molecule has 0 saturated heterocycles. The number of aromatic nitrogens is 1. The Balaban J connectivity index is 2.58. The van der Waals surface area contributed by atoms with Gasteiger partial charge in [-0.05, 0) is 43.5 Å². The minimum atomic E-state index is 0.810. The van der Waals surface area contributed by atoms with Gasteiger partial charge in [0.25, 0.3) is 0 Å². The molecule has 0 aliphatic carbocycles. The van der Waals surface area contributed by atoms with E-state index < -0.39 is 0 Å². The third-order valence-electron chi connectivity index (χ3n) is 3.17. The molecule has 0 bridgehead atoms. The van der Waals surface area contributed by atoms with Crippen LogP contribution >= 0.6 is 27.3 Å². The summed E-state index contributed by atoms with van der Waals surface area (Å²) in [6.45, 7) is 6.30. The molecule has 18 heavy (non-hydrogen) atoms. The molecule has 1 aromatic carbocycles. The molecule has 2 aromatic rings. The SMILES string of the molecule is COc1c(C)cc(-c2csc(CBr)n2)c(C)c1C. The maximum atomic E-state index is 5.45. The van der Waals surface area contributed by atoms with Gasteiger partial charge in [-0.2, -0.15) is 0 Å². The van der Waals surface area contributed by atoms with Gasteiger partial charge in [0, 0.05) is 10.9 Å². The van der Waals surface area contributed by atoms with Crippen LogP contribution in [0.1, 0.15) is 21.7 Å². The van der Waals surface area contributed by atoms with Gasteiger partial charge in [0.2, 0.25) is 0 Å². The third-order valence-corrected chi connectivity index (χ3v) is 4.92. The van der Waals surface area contributed by atoms with Crippen molar-refractivity contribution < 1.29 is 4.74 Å². The van der Waals surface area contributed by atoms with Crippen molar-refractivity contribution in [2.24, 2.45) is 0 Å². The van der Waals surface area contributed by atoms with Crippen LogP contribution < -0.4 is 4.74 Å². The van der Waals surface area contributed by atoms with Crippen molar-refractivity contribution in [2.75, 3.05) is 7.11 Å². The smallest absolute Gasteiger partial charge is 0.124 e. The Morgan fingerprint density at radius 2 is 2.00 bits per heavy atom. The number of benzene rings is 1. The number of ether oxygens (including phenoxy) is 1. The Bertz CT molecular complexity index is 577. The van der Waals surface area contributed by atoms with E-state index in [4.69, 9.17) is 4.74 Å². The monoisotopic (exact) mass is 325 g/mol. The van der Waals surface area contributed by atoms with Crippen LogP contribution in [-0.4, -0.2) is 12.1 Å². The van der Waals surface area contributed by atoms with Crippen LogP contribution in [0.5, 0.6) is 5.75 Å². The molecule has 1 heterocycles. The van der Waals surface area contributed by atoms with E-state index in [1.54, 1.807) is 18.4 Å². The standard InChI is InChI=1S/C14H16BrNOS/c1-8-5-11(9(2)10(3)14(8)17-4)12-7-18-13(6-15)16-12/h5,7H,6H2,1-4H3. The second-order valence-corrected chi connectivity index (χ2v) is 5.79. The predicted molar refractivity (Wildman–Crippen MR) is 80.9 cm³/mol. The van der Waals surface area contributed by atoms with Gasteiger partial charge in [0.05, 0.1) is 18.1 Å². The first kappa shape index (κ1) is 13.6. The summed E-state index contributed by atoms with van der Waals surface area (Å²) in [6, 6.07) is 2.16.